The fourth-order valence-corrected chi connectivity index (χ4v) is 3.61. The number of rotatable bonds is 4. The van der Waals surface area contributed by atoms with Crippen LogP contribution in [0.1, 0.15) is 55.5 Å². The summed E-state index contributed by atoms with van der Waals surface area (Å²) in [4.78, 5) is 29.2. The van der Waals surface area contributed by atoms with Crippen LogP contribution in [-0.2, 0) is 4.79 Å². The van der Waals surface area contributed by atoms with Gasteiger partial charge in [-0.15, -0.1) is 0 Å². The maximum Gasteiger partial charge on any atom is 0.253 e. The van der Waals surface area contributed by atoms with Gasteiger partial charge in [-0.25, -0.2) is 0 Å². The van der Waals surface area contributed by atoms with E-state index in [-0.39, 0.29) is 23.8 Å². The summed E-state index contributed by atoms with van der Waals surface area (Å²) < 4.78 is 5.76. The van der Waals surface area contributed by atoms with Crippen molar-refractivity contribution in [1.29, 1.82) is 0 Å². The monoisotopic (exact) mass is 358 g/mol. The predicted molar refractivity (Wildman–Crippen MR) is 101 cm³/mol. The molecule has 5 nitrogen and oxygen atoms in total. The van der Waals surface area contributed by atoms with Crippen molar-refractivity contribution in [1.82, 2.24) is 9.80 Å². The molecule has 1 saturated carbocycles. The van der Waals surface area contributed by atoms with E-state index in [1.54, 1.807) is 0 Å². The molecule has 26 heavy (non-hydrogen) atoms. The molecular weight excluding hydrogens is 328 g/mol. The Kier molecular flexibility index (Phi) is 5.84. The van der Waals surface area contributed by atoms with E-state index >= 15 is 0 Å². The molecule has 0 aromatic heterocycles. The molecule has 1 aliphatic carbocycles. The third kappa shape index (κ3) is 4.19. The van der Waals surface area contributed by atoms with Crippen LogP contribution in [0.2, 0.25) is 0 Å². The van der Waals surface area contributed by atoms with Crippen LogP contribution in [0.3, 0.4) is 0 Å². The van der Waals surface area contributed by atoms with Gasteiger partial charge in [-0.05, 0) is 63.8 Å². The summed E-state index contributed by atoms with van der Waals surface area (Å²) in [6.07, 6.45) is 4.19. The second kappa shape index (κ2) is 8.11. The lowest BCUT2D eigenvalue weighted by Gasteiger charge is -2.31. The first kappa shape index (κ1) is 18.7. The minimum absolute atomic E-state index is 0.0436. The molecule has 0 unspecified atom stereocenters. The lowest BCUT2D eigenvalue weighted by Crippen LogP contribution is -2.41. The van der Waals surface area contributed by atoms with E-state index in [0.29, 0.717) is 25.2 Å². The van der Waals surface area contributed by atoms with Crippen molar-refractivity contribution < 1.29 is 14.3 Å². The van der Waals surface area contributed by atoms with Crippen molar-refractivity contribution in [3.05, 3.63) is 29.3 Å². The van der Waals surface area contributed by atoms with Gasteiger partial charge in [0.25, 0.3) is 5.91 Å². The molecule has 1 aliphatic heterocycles. The fourth-order valence-electron chi connectivity index (χ4n) is 3.61. The van der Waals surface area contributed by atoms with Crippen LogP contribution in [0.4, 0.5) is 0 Å². The molecule has 0 spiro atoms. The van der Waals surface area contributed by atoms with E-state index in [9.17, 15) is 9.59 Å². The minimum Gasteiger partial charge on any atom is -0.491 e. The molecule has 1 aromatic carbocycles. The molecule has 2 aliphatic rings. The van der Waals surface area contributed by atoms with Crippen LogP contribution in [0.15, 0.2) is 18.2 Å². The molecule has 1 aromatic rings. The van der Waals surface area contributed by atoms with Crippen LogP contribution in [0.25, 0.3) is 0 Å². The van der Waals surface area contributed by atoms with Gasteiger partial charge in [0.15, 0.2) is 0 Å². The fraction of sp³-hybridized carbons (Fsp3) is 0.619. The second-order valence-electron chi connectivity index (χ2n) is 7.75. The Morgan fingerprint density at radius 3 is 2.35 bits per heavy atom. The maximum atomic E-state index is 12.9. The number of ether oxygens (including phenoxy) is 1. The van der Waals surface area contributed by atoms with Crippen LogP contribution >= 0.6 is 0 Å². The first-order chi connectivity index (χ1) is 12.5. The number of hydrogen-bond donors (Lipinski definition) is 0. The quantitative estimate of drug-likeness (QED) is 0.830. The van der Waals surface area contributed by atoms with Crippen molar-refractivity contribution in [3.63, 3.8) is 0 Å². The van der Waals surface area contributed by atoms with E-state index in [2.05, 4.69) is 0 Å². The zero-order chi connectivity index (χ0) is 18.7. The van der Waals surface area contributed by atoms with E-state index in [1.165, 1.54) is 6.42 Å². The third-order valence-electron chi connectivity index (χ3n) is 5.33. The Morgan fingerprint density at radius 1 is 1.04 bits per heavy atom. The van der Waals surface area contributed by atoms with Gasteiger partial charge < -0.3 is 14.5 Å². The molecule has 142 valence electrons. The lowest BCUT2D eigenvalue weighted by molar-refractivity contribution is -0.138. The Hall–Kier alpha value is -2.04. The first-order valence-electron chi connectivity index (χ1n) is 9.81. The van der Waals surface area contributed by atoms with Crippen LogP contribution in [0.5, 0.6) is 5.75 Å². The maximum absolute atomic E-state index is 12.9. The van der Waals surface area contributed by atoms with E-state index < -0.39 is 0 Å². The Morgan fingerprint density at radius 2 is 1.73 bits per heavy atom. The average molecular weight is 358 g/mol. The van der Waals surface area contributed by atoms with Gasteiger partial charge in [0.05, 0.1) is 6.10 Å². The summed E-state index contributed by atoms with van der Waals surface area (Å²) in [5.74, 6) is 1.39. The number of amides is 2. The zero-order valence-electron chi connectivity index (χ0n) is 16.2. The molecule has 2 amide bonds. The van der Waals surface area contributed by atoms with Crippen LogP contribution in [-0.4, -0.2) is 53.9 Å². The number of benzene rings is 1. The van der Waals surface area contributed by atoms with Crippen molar-refractivity contribution in [3.8, 4) is 5.75 Å². The highest BCUT2D eigenvalue weighted by Gasteiger charge is 2.31. The van der Waals surface area contributed by atoms with E-state index in [0.717, 1.165) is 37.1 Å². The van der Waals surface area contributed by atoms with Gasteiger partial charge in [-0.3, -0.25) is 9.59 Å². The van der Waals surface area contributed by atoms with E-state index in [1.807, 2.05) is 48.8 Å². The summed E-state index contributed by atoms with van der Waals surface area (Å²) >= 11 is 0. The SMILES string of the molecule is Cc1cc(C(=O)N2CCCN(C(=O)C3CCC3)CC2)ccc1OC(C)C. The molecule has 0 atom stereocenters. The molecular formula is C21H30N2O3. The second-order valence-corrected chi connectivity index (χ2v) is 7.75. The van der Waals surface area contributed by atoms with Gasteiger partial charge in [-0.1, -0.05) is 6.42 Å². The van der Waals surface area contributed by atoms with Crippen molar-refractivity contribution in [2.24, 2.45) is 5.92 Å². The lowest BCUT2D eigenvalue weighted by atomic mass is 9.84. The number of nitrogens with zero attached hydrogens (tertiary/aromatic N) is 2. The predicted octanol–water partition coefficient (Wildman–Crippen LogP) is 3.26. The zero-order valence-corrected chi connectivity index (χ0v) is 16.2. The average Bonchev–Trinajstić information content (AvgIpc) is 2.80. The molecule has 3 rings (SSSR count). The summed E-state index contributed by atoms with van der Waals surface area (Å²) in [6.45, 7) is 8.68. The van der Waals surface area contributed by atoms with Crippen molar-refractivity contribution in [2.75, 3.05) is 26.2 Å². The Bertz CT molecular complexity index is 667. The van der Waals surface area contributed by atoms with Crippen molar-refractivity contribution in [2.45, 2.75) is 52.6 Å². The van der Waals surface area contributed by atoms with Gasteiger partial charge in [-0.2, -0.15) is 0 Å². The summed E-state index contributed by atoms with van der Waals surface area (Å²) in [5.41, 5.74) is 1.67. The third-order valence-corrected chi connectivity index (χ3v) is 5.33. The highest BCUT2D eigenvalue weighted by molar-refractivity contribution is 5.94. The highest BCUT2D eigenvalue weighted by atomic mass is 16.5. The number of carbonyl (C=O) groups is 2. The number of hydrogen-bond acceptors (Lipinski definition) is 3. The molecule has 2 fully saturated rings. The highest BCUT2D eigenvalue weighted by Crippen LogP contribution is 2.28. The molecule has 0 radical (unpaired) electrons. The summed E-state index contributed by atoms with van der Waals surface area (Å²) in [7, 11) is 0. The molecule has 1 saturated heterocycles. The van der Waals surface area contributed by atoms with Crippen molar-refractivity contribution >= 4 is 11.8 Å². The molecule has 0 bridgehead atoms. The standard InChI is InChI=1S/C21H30N2O3/c1-15(2)26-19-9-8-18(14-16(19)3)21(25)23-11-5-10-22(12-13-23)20(24)17-6-4-7-17/h8-9,14-15,17H,4-7,10-13H2,1-3H3. The number of aryl methyl sites for hydroxylation is 1. The number of carbonyl (C=O) groups excluding carboxylic acids is 2. The van der Waals surface area contributed by atoms with Gasteiger partial charge in [0, 0.05) is 37.7 Å². The molecule has 5 heteroatoms. The van der Waals surface area contributed by atoms with Gasteiger partial charge >= 0.3 is 0 Å². The summed E-state index contributed by atoms with van der Waals surface area (Å²) in [5, 5.41) is 0. The summed E-state index contributed by atoms with van der Waals surface area (Å²) in [6, 6.07) is 5.63. The first-order valence-corrected chi connectivity index (χ1v) is 9.81. The minimum atomic E-state index is 0.0436. The normalized spacial score (nSPS) is 18.5. The largest absolute Gasteiger partial charge is 0.491 e. The van der Waals surface area contributed by atoms with Crippen LogP contribution in [0, 0.1) is 12.8 Å². The molecule has 1 heterocycles. The van der Waals surface area contributed by atoms with E-state index in [4.69, 9.17) is 4.74 Å². The smallest absolute Gasteiger partial charge is 0.253 e. The van der Waals surface area contributed by atoms with Gasteiger partial charge in [0.2, 0.25) is 5.91 Å². The van der Waals surface area contributed by atoms with Gasteiger partial charge in [0.1, 0.15) is 5.75 Å². The van der Waals surface area contributed by atoms with Crippen LogP contribution < -0.4 is 4.74 Å². The Balaban J connectivity index is 1.62. The Labute approximate surface area is 156 Å². The molecule has 0 N–H and O–H groups in total. The topological polar surface area (TPSA) is 49.9 Å².